The van der Waals surface area contributed by atoms with Crippen LogP contribution in [0.1, 0.15) is 0 Å². The highest BCUT2D eigenvalue weighted by Crippen LogP contribution is 2.32. The number of hydrogen-bond donors (Lipinski definition) is 0. The molecule has 0 unspecified atom stereocenters. The van der Waals surface area contributed by atoms with E-state index >= 15 is 0 Å². The van der Waals surface area contributed by atoms with Gasteiger partial charge in [-0.15, -0.1) is 0 Å². The summed E-state index contributed by atoms with van der Waals surface area (Å²) in [6.45, 7) is 0. The number of aromatic nitrogens is 4. The fourth-order valence-electron chi connectivity index (χ4n) is 5.63. The van der Waals surface area contributed by atoms with Crippen LogP contribution in [0.15, 0.2) is 134 Å². The minimum Gasteiger partial charge on any atom is -0.292 e. The standard InChI is InChI=1S/C35H22N4/c1-2-9-26-23(8-1)17-18-24-22-25(19-20-27(24)26)29-11-5-12-30(37-29)31-13-6-16-34(38-31)39-32-14-4-3-10-28(32)35-33(39)15-7-21-36-35/h1-22H. The summed E-state index contributed by atoms with van der Waals surface area (Å²) in [5.41, 5.74) is 6.78. The number of benzene rings is 4. The van der Waals surface area contributed by atoms with Crippen molar-refractivity contribution in [2.75, 3.05) is 0 Å². The van der Waals surface area contributed by atoms with E-state index < -0.39 is 0 Å². The molecule has 0 aliphatic carbocycles. The molecule has 0 bridgehead atoms. The average Bonchev–Trinajstić information content (AvgIpc) is 3.35. The number of pyridine rings is 3. The molecule has 0 radical (unpaired) electrons. The highest BCUT2D eigenvalue weighted by Gasteiger charge is 2.14. The first kappa shape index (κ1) is 21.7. The van der Waals surface area contributed by atoms with Gasteiger partial charge >= 0.3 is 0 Å². The Morgan fingerprint density at radius 1 is 0.462 bits per heavy atom. The van der Waals surface area contributed by atoms with Gasteiger partial charge in [0.15, 0.2) is 0 Å². The molecule has 8 rings (SSSR count). The van der Waals surface area contributed by atoms with Crippen LogP contribution in [0.2, 0.25) is 0 Å². The van der Waals surface area contributed by atoms with Crippen molar-refractivity contribution in [1.82, 2.24) is 19.5 Å². The summed E-state index contributed by atoms with van der Waals surface area (Å²) in [5, 5.41) is 6.10. The lowest BCUT2D eigenvalue weighted by atomic mass is 9.99. The second-order valence-electron chi connectivity index (χ2n) is 9.74. The van der Waals surface area contributed by atoms with Gasteiger partial charge in [0.05, 0.1) is 33.6 Å². The largest absolute Gasteiger partial charge is 0.292 e. The van der Waals surface area contributed by atoms with Crippen molar-refractivity contribution >= 4 is 43.5 Å². The van der Waals surface area contributed by atoms with E-state index in [0.29, 0.717) is 0 Å². The molecular weight excluding hydrogens is 476 g/mol. The van der Waals surface area contributed by atoms with E-state index in [9.17, 15) is 0 Å². The van der Waals surface area contributed by atoms with Crippen LogP contribution in [0.5, 0.6) is 0 Å². The van der Waals surface area contributed by atoms with Crippen LogP contribution in [-0.2, 0) is 0 Å². The first-order valence-electron chi connectivity index (χ1n) is 13.0. The molecule has 0 amide bonds. The van der Waals surface area contributed by atoms with Crippen molar-refractivity contribution in [3.05, 3.63) is 134 Å². The van der Waals surface area contributed by atoms with Crippen molar-refractivity contribution in [2.24, 2.45) is 0 Å². The number of fused-ring (bicyclic) bond motifs is 6. The summed E-state index contributed by atoms with van der Waals surface area (Å²) in [7, 11) is 0. The van der Waals surface area contributed by atoms with E-state index in [0.717, 1.165) is 50.4 Å². The Hall–Kier alpha value is -5.35. The van der Waals surface area contributed by atoms with Gasteiger partial charge < -0.3 is 0 Å². The lowest BCUT2D eigenvalue weighted by Crippen LogP contribution is -1.99. The fraction of sp³-hybridized carbons (Fsp3) is 0. The van der Waals surface area contributed by atoms with Gasteiger partial charge in [-0.1, -0.05) is 78.9 Å². The predicted molar refractivity (Wildman–Crippen MR) is 160 cm³/mol. The van der Waals surface area contributed by atoms with Crippen molar-refractivity contribution < 1.29 is 0 Å². The van der Waals surface area contributed by atoms with Gasteiger partial charge in [-0.05, 0) is 70.1 Å². The molecule has 39 heavy (non-hydrogen) atoms. The van der Waals surface area contributed by atoms with Crippen molar-refractivity contribution in [3.8, 4) is 28.5 Å². The summed E-state index contributed by atoms with van der Waals surface area (Å²) in [6, 6.07) is 44.1. The maximum Gasteiger partial charge on any atom is 0.138 e. The van der Waals surface area contributed by atoms with Crippen LogP contribution in [-0.4, -0.2) is 19.5 Å². The number of nitrogens with zero attached hydrogens (tertiary/aromatic N) is 4. The minimum atomic E-state index is 0.830. The van der Waals surface area contributed by atoms with E-state index in [4.69, 9.17) is 9.97 Å². The van der Waals surface area contributed by atoms with Crippen LogP contribution >= 0.6 is 0 Å². The molecular formula is C35H22N4. The van der Waals surface area contributed by atoms with E-state index in [1.165, 1.54) is 21.5 Å². The molecule has 4 aromatic heterocycles. The van der Waals surface area contributed by atoms with Gasteiger partial charge in [0.2, 0.25) is 0 Å². The third-order valence-corrected chi connectivity index (χ3v) is 7.44. The Labute approximate surface area is 224 Å². The normalized spacial score (nSPS) is 11.6. The molecule has 0 fully saturated rings. The van der Waals surface area contributed by atoms with Crippen molar-refractivity contribution in [2.45, 2.75) is 0 Å². The molecule has 182 valence electrons. The first-order valence-corrected chi connectivity index (χ1v) is 13.0. The van der Waals surface area contributed by atoms with Crippen LogP contribution in [0.4, 0.5) is 0 Å². The quantitative estimate of drug-likeness (QED) is 0.229. The number of para-hydroxylation sites is 1. The second kappa shape index (κ2) is 8.61. The maximum absolute atomic E-state index is 5.08. The second-order valence-corrected chi connectivity index (χ2v) is 9.74. The number of hydrogen-bond acceptors (Lipinski definition) is 3. The lowest BCUT2D eigenvalue weighted by Gasteiger charge is -2.10. The molecule has 4 heteroatoms. The Bertz CT molecular complexity index is 2140. The van der Waals surface area contributed by atoms with Gasteiger partial charge in [0.25, 0.3) is 0 Å². The molecule has 0 saturated heterocycles. The zero-order chi connectivity index (χ0) is 25.8. The molecule has 4 nitrogen and oxygen atoms in total. The Kier molecular flexibility index (Phi) is 4.79. The zero-order valence-electron chi connectivity index (χ0n) is 21.0. The first-order chi connectivity index (χ1) is 19.3. The molecule has 8 aromatic rings. The topological polar surface area (TPSA) is 43.6 Å². The minimum absolute atomic E-state index is 0.830. The molecule has 0 saturated carbocycles. The van der Waals surface area contributed by atoms with Crippen molar-refractivity contribution in [1.29, 1.82) is 0 Å². The molecule has 0 atom stereocenters. The molecule has 0 N–H and O–H groups in total. The van der Waals surface area contributed by atoms with Gasteiger partial charge in [0.1, 0.15) is 5.82 Å². The molecule has 4 aromatic carbocycles. The summed E-state index contributed by atoms with van der Waals surface area (Å²) in [4.78, 5) is 14.8. The third-order valence-electron chi connectivity index (χ3n) is 7.44. The van der Waals surface area contributed by atoms with E-state index in [2.05, 4.69) is 107 Å². The van der Waals surface area contributed by atoms with E-state index in [-0.39, 0.29) is 0 Å². The molecule has 4 heterocycles. The van der Waals surface area contributed by atoms with Crippen LogP contribution in [0.3, 0.4) is 0 Å². The van der Waals surface area contributed by atoms with Crippen molar-refractivity contribution in [3.63, 3.8) is 0 Å². The van der Waals surface area contributed by atoms with Gasteiger partial charge in [-0.25, -0.2) is 9.97 Å². The monoisotopic (exact) mass is 498 g/mol. The van der Waals surface area contributed by atoms with Crippen LogP contribution < -0.4 is 0 Å². The SMILES string of the molecule is c1cc(-c2ccc3c(ccc4ccccc43)c2)nc(-c2cccc(-n3c4ccccc4c4ncccc43)n2)c1. The predicted octanol–water partition coefficient (Wildman–Crippen LogP) is 8.61. The lowest BCUT2D eigenvalue weighted by molar-refractivity contribution is 1.08. The third kappa shape index (κ3) is 3.50. The highest BCUT2D eigenvalue weighted by atomic mass is 15.1. The smallest absolute Gasteiger partial charge is 0.138 e. The fourth-order valence-corrected chi connectivity index (χ4v) is 5.63. The Morgan fingerprint density at radius 3 is 2.13 bits per heavy atom. The van der Waals surface area contributed by atoms with Gasteiger partial charge in [-0.3, -0.25) is 9.55 Å². The highest BCUT2D eigenvalue weighted by molar-refractivity contribution is 6.08. The zero-order valence-corrected chi connectivity index (χ0v) is 21.0. The molecule has 0 aliphatic rings. The van der Waals surface area contributed by atoms with Gasteiger partial charge in [-0.2, -0.15) is 0 Å². The molecule has 0 aliphatic heterocycles. The van der Waals surface area contributed by atoms with Crippen LogP contribution in [0, 0.1) is 0 Å². The van der Waals surface area contributed by atoms with Gasteiger partial charge in [0, 0.05) is 17.1 Å². The van der Waals surface area contributed by atoms with E-state index in [1.54, 1.807) is 0 Å². The summed E-state index contributed by atoms with van der Waals surface area (Å²) >= 11 is 0. The Morgan fingerprint density at radius 2 is 1.18 bits per heavy atom. The molecule has 0 spiro atoms. The summed E-state index contributed by atoms with van der Waals surface area (Å²) in [5.74, 6) is 0.844. The average molecular weight is 499 g/mol. The Balaban J connectivity index is 1.24. The van der Waals surface area contributed by atoms with E-state index in [1.807, 2.05) is 36.5 Å². The summed E-state index contributed by atoms with van der Waals surface area (Å²) < 4.78 is 2.18. The van der Waals surface area contributed by atoms with Crippen LogP contribution in [0.25, 0.3) is 71.9 Å². The summed E-state index contributed by atoms with van der Waals surface area (Å²) in [6.07, 6.45) is 1.84. The maximum atomic E-state index is 5.08. The number of rotatable bonds is 3.